The Kier molecular flexibility index (Phi) is 5.31. The zero-order valence-electron chi connectivity index (χ0n) is 12.2. The molecule has 19 heavy (non-hydrogen) atoms. The standard InChI is InChI=1S/C15H26N4/c1-15(2,14-5-3-4-6-18-14)13-17-9-12-19-10-7-16-8-11-19/h3-6,16-17H,7-13H2,1-2H3. The minimum atomic E-state index is 0.0880. The van der Waals surface area contributed by atoms with Crippen LogP contribution in [0.3, 0.4) is 0 Å². The first-order valence-corrected chi connectivity index (χ1v) is 7.24. The molecule has 0 spiro atoms. The highest BCUT2D eigenvalue weighted by atomic mass is 15.2. The van der Waals surface area contributed by atoms with Crippen LogP contribution >= 0.6 is 0 Å². The van der Waals surface area contributed by atoms with Gasteiger partial charge in [0, 0.05) is 63.1 Å². The second kappa shape index (κ2) is 6.98. The Balaban J connectivity index is 1.69. The number of pyridine rings is 1. The van der Waals surface area contributed by atoms with Gasteiger partial charge in [-0.3, -0.25) is 9.88 Å². The topological polar surface area (TPSA) is 40.2 Å². The van der Waals surface area contributed by atoms with E-state index in [-0.39, 0.29) is 5.41 Å². The number of rotatable bonds is 6. The maximum atomic E-state index is 4.46. The van der Waals surface area contributed by atoms with Crippen molar-refractivity contribution in [2.45, 2.75) is 19.3 Å². The Hall–Kier alpha value is -0.970. The molecule has 0 amide bonds. The van der Waals surface area contributed by atoms with E-state index >= 15 is 0 Å². The maximum Gasteiger partial charge on any atom is 0.0472 e. The molecule has 1 aromatic heterocycles. The zero-order chi connectivity index (χ0) is 13.6. The molecule has 4 heteroatoms. The number of nitrogens with one attached hydrogen (secondary N) is 2. The van der Waals surface area contributed by atoms with Crippen molar-refractivity contribution in [3.05, 3.63) is 30.1 Å². The van der Waals surface area contributed by atoms with Gasteiger partial charge in [-0.1, -0.05) is 19.9 Å². The van der Waals surface area contributed by atoms with Gasteiger partial charge >= 0.3 is 0 Å². The van der Waals surface area contributed by atoms with E-state index in [1.54, 1.807) is 0 Å². The summed E-state index contributed by atoms with van der Waals surface area (Å²) in [5, 5.41) is 6.95. The third-order valence-corrected chi connectivity index (χ3v) is 3.74. The van der Waals surface area contributed by atoms with Gasteiger partial charge in [0.05, 0.1) is 0 Å². The van der Waals surface area contributed by atoms with E-state index < -0.39 is 0 Å². The Labute approximate surface area is 116 Å². The van der Waals surface area contributed by atoms with Crippen LogP contribution in [0.1, 0.15) is 19.5 Å². The molecule has 0 aromatic carbocycles. The molecule has 106 valence electrons. The van der Waals surface area contributed by atoms with Crippen LogP contribution in [0, 0.1) is 0 Å². The van der Waals surface area contributed by atoms with E-state index in [0.717, 1.165) is 38.4 Å². The van der Waals surface area contributed by atoms with E-state index in [2.05, 4.69) is 46.5 Å². The second-order valence-corrected chi connectivity index (χ2v) is 5.87. The van der Waals surface area contributed by atoms with E-state index in [4.69, 9.17) is 0 Å². The van der Waals surface area contributed by atoms with Gasteiger partial charge in [-0.25, -0.2) is 0 Å². The van der Waals surface area contributed by atoms with Gasteiger partial charge in [-0.05, 0) is 12.1 Å². The first kappa shape index (κ1) is 14.4. The first-order valence-electron chi connectivity index (χ1n) is 7.24. The highest BCUT2D eigenvalue weighted by Gasteiger charge is 2.21. The Morgan fingerprint density at radius 3 is 2.79 bits per heavy atom. The van der Waals surface area contributed by atoms with Crippen LogP contribution in [0.15, 0.2) is 24.4 Å². The number of hydrogen-bond donors (Lipinski definition) is 2. The number of nitrogens with zero attached hydrogens (tertiary/aromatic N) is 2. The molecule has 1 aliphatic heterocycles. The van der Waals surface area contributed by atoms with Crippen LogP contribution in [0.5, 0.6) is 0 Å². The molecule has 1 fully saturated rings. The summed E-state index contributed by atoms with van der Waals surface area (Å²) in [6, 6.07) is 6.14. The average molecular weight is 262 g/mol. The predicted molar refractivity (Wildman–Crippen MR) is 79.4 cm³/mol. The zero-order valence-corrected chi connectivity index (χ0v) is 12.2. The van der Waals surface area contributed by atoms with Crippen molar-refractivity contribution >= 4 is 0 Å². The molecule has 0 radical (unpaired) electrons. The smallest absolute Gasteiger partial charge is 0.0472 e. The summed E-state index contributed by atoms with van der Waals surface area (Å²) in [6.45, 7) is 12.2. The molecule has 0 aliphatic carbocycles. The lowest BCUT2D eigenvalue weighted by atomic mass is 9.89. The summed E-state index contributed by atoms with van der Waals surface area (Å²) in [6.07, 6.45) is 1.87. The second-order valence-electron chi connectivity index (χ2n) is 5.87. The minimum Gasteiger partial charge on any atom is -0.315 e. The van der Waals surface area contributed by atoms with Crippen molar-refractivity contribution in [2.24, 2.45) is 0 Å². The molecule has 0 saturated carbocycles. The van der Waals surface area contributed by atoms with Crippen molar-refractivity contribution in [1.29, 1.82) is 0 Å². The lowest BCUT2D eigenvalue weighted by molar-refractivity contribution is 0.239. The van der Waals surface area contributed by atoms with Crippen molar-refractivity contribution in [2.75, 3.05) is 45.8 Å². The number of piperazine rings is 1. The van der Waals surface area contributed by atoms with E-state index in [9.17, 15) is 0 Å². The Bertz CT molecular complexity index is 358. The summed E-state index contributed by atoms with van der Waals surface area (Å²) >= 11 is 0. The van der Waals surface area contributed by atoms with Crippen LogP contribution in [0.25, 0.3) is 0 Å². The molecule has 0 unspecified atom stereocenters. The molecule has 2 heterocycles. The van der Waals surface area contributed by atoms with Gasteiger partial charge in [0.15, 0.2) is 0 Å². The number of aromatic nitrogens is 1. The minimum absolute atomic E-state index is 0.0880. The van der Waals surface area contributed by atoms with Gasteiger partial charge < -0.3 is 10.6 Å². The fourth-order valence-corrected chi connectivity index (χ4v) is 2.43. The summed E-state index contributed by atoms with van der Waals surface area (Å²) < 4.78 is 0. The van der Waals surface area contributed by atoms with E-state index in [1.165, 1.54) is 13.1 Å². The molecular formula is C15H26N4. The molecule has 1 saturated heterocycles. The van der Waals surface area contributed by atoms with Crippen molar-refractivity contribution in [3.63, 3.8) is 0 Å². The van der Waals surface area contributed by atoms with Gasteiger partial charge in [-0.2, -0.15) is 0 Å². The summed E-state index contributed by atoms with van der Waals surface area (Å²) in [7, 11) is 0. The Morgan fingerprint density at radius 1 is 1.32 bits per heavy atom. The lowest BCUT2D eigenvalue weighted by Crippen LogP contribution is -2.46. The fourth-order valence-electron chi connectivity index (χ4n) is 2.43. The predicted octanol–water partition coefficient (Wildman–Crippen LogP) is 0.854. The van der Waals surface area contributed by atoms with Crippen LogP contribution in [-0.2, 0) is 5.41 Å². The molecule has 2 rings (SSSR count). The maximum absolute atomic E-state index is 4.46. The molecule has 1 aromatic rings. The molecule has 2 N–H and O–H groups in total. The normalized spacial score (nSPS) is 17.6. The highest BCUT2D eigenvalue weighted by Crippen LogP contribution is 2.19. The Morgan fingerprint density at radius 2 is 2.11 bits per heavy atom. The largest absolute Gasteiger partial charge is 0.315 e. The average Bonchev–Trinajstić information content (AvgIpc) is 2.46. The van der Waals surface area contributed by atoms with Gasteiger partial charge in [0.2, 0.25) is 0 Å². The van der Waals surface area contributed by atoms with Crippen LogP contribution in [-0.4, -0.2) is 55.7 Å². The van der Waals surface area contributed by atoms with Crippen LogP contribution in [0.4, 0.5) is 0 Å². The molecule has 0 atom stereocenters. The van der Waals surface area contributed by atoms with E-state index in [1.807, 2.05) is 12.3 Å². The van der Waals surface area contributed by atoms with Gasteiger partial charge in [-0.15, -0.1) is 0 Å². The molecule has 1 aliphatic rings. The van der Waals surface area contributed by atoms with Gasteiger partial charge in [0.1, 0.15) is 0 Å². The monoisotopic (exact) mass is 262 g/mol. The van der Waals surface area contributed by atoms with Crippen molar-refractivity contribution in [1.82, 2.24) is 20.5 Å². The molecule has 0 bridgehead atoms. The third kappa shape index (κ3) is 4.56. The first-order chi connectivity index (χ1) is 9.18. The summed E-state index contributed by atoms with van der Waals surface area (Å²) in [5.74, 6) is 0. The van der Waals surface area contributed by atoms with Gasteiger partial charge in [0.25, 0.3) is 0 Å². The quantitative estimate of drug-likeness (QED) is 0.746. The summed E-state index contributed by atoms with van der Waals surface area (Å²) in [4.78, 5) is 6.97. The van der Waals surface area contributed by atoms with Crippen LogP contribution < -0.4 is 10.6 Å². The van der Waals surface area contributed by atoms with Crippen molar-refractivity contribution in [3.8, 4) is 0 Å². The van der Waals surface area contributed by atoms with Crippen molar-refractivity contribution < 1.29 is 0 Å². The highest BCUT2D eigenvalue weighted by molar-refractivity contribution is 5.14. The molecule has 4 nitrogen and oxygen atoms in total. The van der Waals surface area contributed by atoms with E-state index in [0.29, 0.717) is 0 Å². The van der Waals surface area contributed by atoms with Crippen LogP contribution in [0.2, 0.25) is 0 Å². The summed E-state index contributed by atoms with van der Waals surface area (Å²) in [5.41, 5.74) is 1.25. The SMILES string of the molecule is CC(C)(CNCCN1CCNCC1)c1ccccn1. The lowest BCUT2D eigenvalue weighted by Gasteiger charge is -2.28. The third-order valence-electron chi connectivity index (χ3n) is 3.74. The molecular weight excluding hydrogens is 236 g/mol. The fraction of sp³-hybridized carbons (Fsp3) is 0.667. The number of hydrogen-bond acceptors (Lipinski definition) is 4.